The SMILES string of the molecule is O=C(O)c1nn(-c2ccc(Br)cc2)c2c1CN(C(=O)Nc1ccc(Cl)c(Cl)c1)CC2. The van der Waals surface area contributed by atoms with Crippen LogP contribution < -0.4 is 5.32 Å². The topological polar surface area (TPSA) is 87.5 Å². The number of benzene rings is 2. The van der Waals surface area contributed by atoms with Crippen molar-refractivity contribution < 1.29 is 14.7 Å². The summed E-state index contributed by atoms with van der Waals surface area (Å²) in [5.41, 5.74) is 2.52. The number of anilines is 1. The number of carbonyl (C=O) groups excluding carboxylic acids is 1. The molecule has 154 valence electrons. The van der Waals surface area contributed by atoms with Gasteiger partial charge in [0.1, 0.15) is 0 Å². The van der Waals surface area contributed by atoms with Crippen molar-refractivity contribution in [2.75, 3.05) is 11.9 Å². The van der Waals surface area contributed by atoms with Gasteiger partial charge in [-0.3, -0.25) is 0 Å². The molecule has 1 aromatic heterocycles. The molecule has 0 bridgehead atoms. The highest BCUT2D eigenvalue weighted by Crippen LogP contribution is 2.28. The molecule has 7 nitrogen and oxygen atoms in total. The minimum absolute atomic E-state index is 0.0556. The van der Waals surface area contributed by atoms with E-state index in [0.717, 1.165) is 15.9 Å². The lowest BCUT2D eigenvalue weighted by atomic mass is 10.1. The number of rotatable bonds is 3. The number of carbonyl (C=O) groups is 2. The van der Waals surface area contributed by atoms with E-state index < -0.39 is 5.97 Å². The summed E-state index contributed by atoms with van der Waals surface area (Å²) < 4.78 is 2.55. The molecule has 3 aromatic rings. The van der Waals surface area contributed by atoms with Crippen LogP contribution in [0.25, 0.3) is 5.69 Å². The second-order valence-electron chi connectivity index (χ2n) is 6.70. The van der Waals surface area contributed by atoms with Crippen LogP contribution in [0.4, 0.5) is 10.5 Å². The zero-order valence-corrected chi connectivity index (χ0v) is 18.5. The Morgan fingerprint density at radius 1 is 1.10 bits per heavy atom. The predicted molar refractivity (Wildman–Crippen MR) is 118 cm³/mol. The number of urea groups is 1. The molecule has 0 saturated heterocycles. The first-order valence-electron chi connectivity index (χ1n) is 8.94. The smallest absolute Gasteiger partial charge is 0.356 e. The van der Waals surface area contributed by atoms with Crippen molar-refractivity contribution in [1.29, 1.82) is 0 Å². The van der Waals surface area contributed by atoms with Gasteiger partial charge < -0.3 is 15.3 Å². The molecule has 4 rings (SSSR count). The first-order valence-corrected chi connectivity index (χ1v) is 10.5. The zero-order valence-electron chi connectivity index (χ0n) is 15.4. The molecule has 2 N–H and O–H groups in total. The van der Waals surface area contributed by atoms with E-state index in [4.69, 9.17) is 23.2 Å². The van der Waals surface area contributed by atoms with Crippen LogP contribution in [-0.4, -0.2) is 38.3 Å². The Hall–Kier alpha value is -2.55. The summed E-state index contributed by atoms with van der Waals surface area (Å²) in [7, 11) is 0. The molecular weight excluding hydrogens is 495 g/mol. The van der Waals surface area contributed by atoms with E-state index in [0.29, 0.717) is 34.3 Å². The fraction of sp³-hybridized carbons (Fsp3) is 0.150. The van der Waals surface area contributed by atoms with Crippen molar-refractivity contribution in [3.05, 3.63) is 73.9 Å². The number of aromatic carboxylic acids is 1. The zero-order chi connectivity index (χ0) is 21.4. The van der Waals surface area contributed by atoms with Gasteiger partial charge in [0.15, 0.2) is 5.69 Å². The summed E-state index contributed by atoms with van der Waals surface area (Å²) in [6.07, 6.45) is 0.473. The third-order valence-corrected chi connectivity index (χ3v) is 6.06. The standard InChI is InChI=1S/C20H15BrCl2N4O3/c21-11-1-4-13(5-2-11)27-17-7-8-26(10-14(17)18(25-27)19(28)29)20(30)24-12-3-6-15(22)16(23)9-12/h1-6,9H,7-8,10H2,(H,24,30)(H,28,29). The largest absolute Gasteiger partial charge is 0.476 e. The third kappa shape index (κ3) is 4.03. The molecule has 0 radical (unpaired) electrons. The van der Waals surface area contributed by atoms with Gasteiger partial charge in [0.2, 0.25) is 0 Å². The summed E-state index contributed by atoms with van der Waals surface area (Å²) in [5, 5.41) is 17.4. The number of aromatic nitrogens is 2. The number of nitrogens with zero attached hydrogens (tertiary/aromatic N) is 3. The molecule has 0 fully saturated rings. The first-order chi connectivity index (χ1) is 14.3. The molecule has 2 amide bonds. The van der Waals surface area contributed by atoms with Gasteiger partial charge in [-0.2, -0.15) is 5.10 Å². The van der Waals surface area contributed by atoms with E-state index in [1.54, 1.807) is 27.8 Å². The molecule has 1 aliphatic heterocycles. The van der Waals surface area contributed by atoms with E-state index in [1.807, 2.05) is 24.3 Å². The van der Waals surface area contributed by atoms with Crippen LogP contribution in [0.1, 0.15) is 21.7 Å². The van der Waals surface area contributed by atoms with Crippen LogP contribution in [-0.2, 0) is 13.0 Å². The fourth-order valence-electron chi connectivity index (χ4n) is 3.34. The molecule has 0 atom stereocenters. The monoisotopic (exact) mass is 508 g/mol. The van der Waals surface area contributed by atoms with Crippen molar-refractivity contribution in [3.8, 4) is 5.69 Å². The Morgan fingerprint density at radius 3 is 2.50 bits per heavy atom. The van der Waals surface area contributed by atoms with Gasteiger partial charge in [-0.25, -0.2) is 14.3 Å². The molecule has 0 spiro atoms. The first kappa shape index (κ1) is 20.7. The molecule has 0 unspecified atom stereocenters. The summed E-state index contributed by atoms with van der Waals surface area (Å²) >= 11 is 15.3. The fourth-order valence-corrected chi connectivity index (χ4v) is 3.90. The molecule has 0 aliphatic carbocycles. The molecule has 10 heteroatoms. The van der Waals surface area contributed by atoms with E-state index in [1.165, 1.54) is 0 Å². The minimum atomic E-state index is -1.13. The van der Waals surface area contributed by atoms with E-state index in [-0.39, 0.29) is 18.3 Å². The Kier molecular flexibility index (Phi) is 5.73. The Balaban J connectivity index is 1.61. The van der Waals surface area contributed by atoms with Crippen LogP contribution in [0.3, 0.4) is 0 Å². The lowest BCUT2D eigenvalue weighted by Crippen LogP contribution is -2.39. The quantitative estimate of drug-likeness (QED) is 0.506. The van der Waals surface area contributed by atoms with E-state index >= 15 is 0 Å². The highest BCUT2D eigenvalue weighted by Gasteiger charge is 2.30. The van der Waals surface area contributed by atoms with E-state index in [9.17, 15) is 14.7 Å². The van der Waals surface area contributed by atoms with Gasteiger partial charge in [0.05, 0.1) is 28.0 Å². The van der Waals surface area contributed by atoms with Crippen LogP contribution in [0.5, 0.6) is 0 Å². The van der Waals surface area contributed by atoms with Crippen LogP contribution in [0.15, 0.2) is 46.9 Å². The number of hydrogen-bond acceptors (Lipinski definition) is 3. The maximum Gasteiger partial charge on any atom is 0.356 e. The molecule has 30 heavy (non-hydrogen) atoms. The van der Waals surface area contributed by atoms with Crippen LogP contribution in [0.2, 0.25) is 10.0 Å². The van der Waals surface area contributed by atoms with Gasteiger partial charge in [-0.15, -0.1) is 0 Å². The van der Waals surface area contributed by atoms with Crippen molar-refractivity contribution in [1.82, 2.24) is 14.7 Å². The predicted octanol–water partition coefficient (Wildman–Crippen LogP) is 5.23. The molecule has 1 aliphatic rings. The van der Waals surface area contributed by atoms with Gasteiger partial charge in [-0.1, -0.05) is 39.1 Å². The second kappa shape index (κ2) is 8.29. The lowest BCUT2D eigenvalue weighted by Gasteiger charge is -2.28. The highest BCUT2D eigenvalue weighted by atomic mass is 79.9. The number of hydrogen-bond donors (Lipinski definition) is 2. The number of carboxylic acid groups (broad SMARTS) is 1. The molecule has 0 saturated carbocycles. The second-order valence-corrected chi connectivity index (χ2v) is 8.43. The van der Waals surface area contributed by atoms with Crippen molar-refractivity contribution in [2.24, 2.45) is 0 Å². The summed E-state index contributed by atoms with van der Waals surface area (Å²) in [6, 6.07) is 11.9. The van der Waals surface area contributed by atoms with Crippen molar-refractivity contribution >= 4 is 56.8 Å². The number of nitrogens with one attached hydrogen (secondary N) is 1. The normalized spacial score (nSPS) is 13.1. The van der Waals surface area contributed by atoms with Gasteiger partial charge >= 0.3 is 12.0 Å². The van der Waals surface area contributed by atoms with Gasteiger partial charge in [0, 0.05) is 28.7 Å². The summed E-state index contributed by atoms with van der Waals surface area (Å²) in [6.45, 7) is 0.558. The van der Waals surface area contributed by atoms with Crippen LogP contribution >= 0.6 is 39.1 Å². The summed E-state index contributed by atoms with van der Waals surface area (Å²) in [5.74, 6) is -1.13. The maximum absolute atomic E-state index is 12.7. The minimum Gasteiger partial charge on any atom is -0.476 e. The molecule has 2 aromatic carbocycles. The molecular formula is C20H15BrCl2N4O3. The number of carboxylic acids is 1. The number of halogens is 3. The van der Waals surface area contributed by atoms with Crippen molar-refractivity contribution in [2.45, 2.75) is 13.0 Å². The van der Waals surface area contributed by atoms with Crippen molar-refractivity contribution in [3.63, 3.8) is 0 Å². The average molecular weight is 510 g/mol. The van der Waals surface area contributed by atoms with Crippen LogP contribution in [0, 0.1) is 0 Å². The van der Waals surface area contributed by atoms with Gasteiger partial charge in [0.25, 0.3) is 0 Å². The Bertz CT molecular complexity index is 1150. The molecule has 2 heterocycles. The highest BCUT2D eigenvalue weighted by molar-refractivity contribution is 9.10. The third-order valence-electron chi connectivity index (χ3n) is 4.79. The maximum atomic E-state index is 12.7. The Labute approximate surface area is 190 Å². The van der Waals surface area contributed by atoms with Gasteiger partial charge in [-0.05, 0) is 42.5 Å². The lowest BCUT2D eigenvalue weighted by molar-refractivity contribution is 0.0687. The Morgan fingerprint density at radius 2 is 1.83 bits per heavy atom. The number of fused-ring (bicyclic) bond motifs is 1. The summed E-state index contributed by atoms with van der Waals surface area (Å²) in [4.78, 5) is 26.1. The van der Waals surface area contributed by atoms with E-state index in [2.05, 4.69) is 26.3 Å². The average Bonchev–Trinajstić information content (AvgIpc) is 3.10. The number of amides is 2.